The lowest BCUT2D eigenvalue weighted by Crippen LogP contribution is -2.25. The zero-order valence-electron chi connectivity index (χ0n) is 10.7. The number of ketones is 1. The predicted molar refractivity (Wildman–Crippen MR) is 74.4 cm³/mol. The minimum absolute atomic E-state index is 0.00677. The number of nitrogens with two attached hydrogens (primary N) is 1. The number of aliphatic carboxylic acids is 1. The van der Waals surface area contributed by atoms with Crippen LogP contribution >= 0.6 is 11.6 Å². The lowest BCUT2D eigenvalue weighted by molar-refractivity contribution is -0.304. The van der Waals surface area contributed by atoms with Gasteiger partial charge < -0.3 is 15.6 Å². The van der Waals surface area contributed by atoms with Gasteiger partial charge in [0, 0.05) is 34.2 Å². The molecule has 4 nitrogen and oxygen atoms in total. The van der Waals surface area contributed by atoms with E-state index in [2.05, 4.69) is 0 Å². The van der Waals surface area contributed by atoms with Crippen molar-refractivity contribution >= 4 is 29.0 Å². The third kappa shape index (κ3) is 3.38. The Morgan fingerprint density at radius 1 is 1.19 bits per heavy atom. The van der Waals surface area contributed by atoms with E-state index in [1.165, 1.54) is 24.3 Å². The minimum atomic E-state index is -1.41. The molecule has 2 aromatic rings. The van der Waals surface area contributed by atoms with Crippen LogP contribution in [0.1, 0.15) is 21.5 Å². The van der Waals surface area contributed by atoms with Gasteiger partial charge in [-0.25, -0.2) is 4.39 Å². The van der Waals surface area contributed by atoms with Gasteiger partial charge in [-0.2, -0.15) is 0 Å². The van der Waals surface area contributed by atoms with E-state index in [1.54, 1.807) is 0 Å². The van der Waals surface area contributed by atoms with Crippen molar-refractivity contribution in [2.75, 3.05) is 5.73 Å². The molecule has 0 aliphatic rings. The summed E-state index contributed by atoms with van der Waals surface area (Å²) in [5.41, 5.74) is 5.89. The molecule has 0 amide bonds. The van der Waals surface area contributed by atoms with E-state index >= 15 is 0 Å². The number of halogens is 2. The molecule has 2 aromatic carbocycles. The zero-order valence-corrected chi connectivity index (χ0v) is 11.5. The fourth-order valence-corrected chi connectivity index (χ4v) is 2.05. The third-order valence-corrected chi connectivity index (χ3v) is 3.17. The molecule has 108 valence electrons. The van der Waals surface area contributed by atoms with Gasteiger partial charge in [-0.3, -0.25) is 4.79 Å². The molecule has 0 fully saturated rings. The monoisotopic (exact) mass is 306 g/mol. The molecule has 6 heteroatoms. The van der Waals surface area contributed by atoms with Crippen LogP contribution in [0.25, 0.3) is 0 Å². The van der Waals surface area contributed by atoms with Crippen LogP contribution in [-0.2, 0) is 11.2 Å². The number of carboxylic acids is 1. The van der Waals surface area contributed by atoms with Gasteiger partial charge in [0.15, 0.2) is 5.78 Å². The third-order valence-electron chi connectivity index (χ3n) is 2.92. The van der Waals surface area contributed by atoms with Crippen molar-refractivity contribution < 1.29 is 19.1 Å². The molecule has 2 N–H and O–H groups in total. The number of hydrogen-bond donors (Lipinski definition) is 1. The first-order valence-corrected chi connectivity index (χ1v) is 6.34. The Morgan fingerprint density at radius 2 is 1.81 bits per heavy atom. The standard InChI is InChI=1S/C15H11ClFNO3/c16-10-3-1-8(2-4-10)15(21)12-7-11(17)5-9(14(12)18)6-13(19)20/h1-5,7H,6,18H2,(H,19,20)/p-1. The summed E-state index contributed by atoms with van der Waals surface area (Å²) in [4.78, 5) is 22.9. The first-order chi connectivity index (χ1) is 9.88. The lowest BCUT2D eigenvalue weighted by Gasteiger charge is -2.11. The number of carbonyl (C=O) groups is 2. The number of anilines is 1. The topological polar surface area (TPSA) is 83.2 Å². The summed E-state index contributed by atoms with van der Waals surface area (Å²) in [5, 5.41) is 11.1. The Morgan fingerprint density at radius 3 is 2.38 bits per heavy atom. The number of rotatable bonds is 4. The highest BCUT2D eigenvalue weighted by Crippen LogP contribution is 2.24. The molecular weight excluding hydrogens is 297 g/mol. The molecule has 0 unspecified atom stereocenters. The van der Waals surface area contributed by atoms with Crippen LogP contribution in [0, 0.1) is 5.82 Å². The Hall–Kier alpha value is -2.40. The SMILES string of the molecule is Nc1c(CC(=O)[O-])cc(F)cc1C(=O)c1ccc(Cl)cc1. The summed E-state index contributed by atoms with van der Waals surface area (Å²) in [5.74, 6) is -2.65. The van der Waals surface area contributed by atoms with E-state index in [-0.39, 0.29) is 22.4 Å². The van der Waals surface area contributed by atoms with E-state index in [0.717, 1.165) is 12.1 Å². The van der Waals surface area contributed by atoms with Gasteiger partial charge in [0.25, 0.3) is 0 Å². The van der Waals surface area contributed by atoms with Gasteiger partial charge in [-0.05, 0) is 42.0 Å². The average Bonchev–Trinajstić information content (AvgIpc) is 2.42. The van der Waals surface area contributed by atoms with Gasteiger partial charge >= 0.3 is 0 Å². The van der Waals surface area contributed by atoms with Crippen molar-refractivity contribution in [3.05, 3.63) is 63.9 Å². The highest BCUT2D eigenvalue weighted by Gasteiger charge is 2.16. The Bertz CT molecular complexity index is 714. The summed E-state index contributed by atoms with van der Waals surface area (Å²) in [6.45, 7) is 0. The zero-order chi connectivity index (χ0) is 15.6. The second-order valence-electron chi connectivity index (χ2n) is 4.41. The molecule has 0 saturated heterocycles. The van der Waals surface area contributed by atoms with Crippen molar-refractivity contribution in [1.82, 2.24) is 0 Å². The smallest absolute Gasteiger partial charge is 0.195 e. The fraction of sp³-hybridized carbons (Fsp3) is 0.0667. The van der Waals surface area contributed by atoms with Crippen LogP contribution in [0.2, 0.25) is 5.02 Å². The highest BCUT2D eigenvalue weighted by molar-refractivity contribution is 6.30. The molecule has 0 radical (unpaired) electrons. The maximum Gasteiger partial charge on any atom is 0.195 e. The Balaban J connectivity index is 2.47. The highest BCUT2D eigenvalue weighted by atomic mass is 35.5. The van der Waals surface area contributed by atoms with Crippen molar-refractivity contribution in [3.8, 4) is 0 Å². The number of carbonyl (C=O) groups excluding carboxylic acids is 2. The van der Waals surface area contributed by atoms with Crippen molar-refractivity contribution in [3.63, 3.8) is 0 Å². The van der Waals surface area contributed by atoms with Crippen LogP contribution < -0.4 is 10.8 Å². The van der Waals surface area contributed by atoms with Gasteiger partial charge in [-0.15, -0.1) is 0 Å². The van der Waals surface area contributed by atoms with Crippen molar-refractivity contribution in [1.29, 1.82) is 0 Å². The Kier molecular flexibility index (Phi) is 4.23. The molecule has 0 aliphatic carbocycles. The molecule has 0 heterocycles. The molecule has 0 bridgehead atoms. The Labute approximate surface area is 125 Å². The maximum atomic E-state index is 13.6. The van der Waals surface area contributed by atoms with Gasteiger partial charge in [0.2, 0.25) is 0 Å². The van der Waals surface area contributed by atoms with E-state index in [0.29, 0.717) is 5.02 Å². The first kappa shape index (κ1) is 15.0. The van der Waals surface area contributed by atoms with E-state index in [1.807, 2.05) is 0 Å². The van der Waals surface area contributed by atoms with E-state index in [4.69, 9.17) is 17.3 Å². The van der Waals surface area contributed by atoms with Crippen molar-refractivity contribution in [2.24, 2.45) is 0 Å². The van der Waals surface area contributed by atoms with Crippen LogP contribution in [0.5, 0.6) is 0 Å². The number of hydrogen-bond acceptors (Lipinski definition) is 4. The van der Waals surface area contributed by atoms with Crippen LogP contribution in [0.15, 0.2) is 36.4 Å². The van der Waals surface area contributed by atoms with Gasteiger partial charge in [-0.1, -0.05) is 11.6 Å². The number of carboxylic acid groups (broad SMARTS) is 1. The second kappa shape index (κ2) is 5.93. The average molecular weight is 307 g/mol. The molecule has 0 spiro atoms. The molecule has 0 saturated carbocycles. The number of nitrogen functional groups attached to an aromatic ring is 1. The molecular formula is C15H10ClFNO3-. The fourth-order valence-electron chi connectivity index (χ4n) is 1.92. The summed E-state index contributed by atoms with van der Waals surface area (Å²) in [6.07, 6.45) is -0.565. The molecule has 0 aromatic heterocycles. The van der Waals surface area contributed by atoms with E-state index < -0.39 is 24.0 Å². The molecule has 2 rings (SSSR count). The molecule has 0 atom stereocenters. The van der Waals surface area contributed by atoms with Crippen LogP contribution in [0.4, 0.5) is 10.1 Å². The lowest BCUT2D eigenvalue weighted by atomic mass is 9.97. The second-order valence-corrected chi connectivity index (χ2v) is 4.85. The van der Waals surface area contributed by atoms with E-state index in [9.17, 15) is 19.1 Å². The summed E-state index contributed by atoms with van der Waals surface area (Å²) in [7, 11) is 0. The predicted octanol–water partition coefficient (Wildman–Crippen LogP) is 1.58. The van der Waals surface area contributed by atoms with Crippen LogP contribution in [-0.4, -0.2) is 11.8 Å². The number of benzene rings is 2. The minimum Gasteiger partial charge on any atom is -0.550 e. The van der Waals surface area contributed by atoms with Crippen molar-refractivity contribution in [2.45, 2.75) is 6.42 Å². The first-order valence-electron chi connectivity index (χ1n) is 5.96. The molecule has 0 aliphatic heterocycles. The maximum absolute atomic E-state index is 13.6. The van der Waals surface area contributed by atoms with Crippen LogP contribution in [0.3, 0.4) is 0 Å². The van der Waals surface area contributed by atoms with Gasteiger partial charge in [0.1, 0.15) is 5.82 Å². The quantitative estimate of drug-likeness (QED) is 0.687. The summed E-state index contributed by atoms with van der Waals surface area (Å²) in [6, 6.07) is 7.95. The normalized spacial score (nSPS) is 10.4. The summed E-state index contributed by atoms with van der Waals surface area (Å²) >= 11 is 5.73. The molecule has 21 heavy (non-hydrogen) atoms. The van der Waals surface area contributed by atoms with Gasteiger partial charge in [0.05, 0.1) is 0 Å². The largest absolute Gasteiger partial charge is 0.550 e. The summed E-state index contributed by atoms with van der Waals surface area (Å²) < 4.78 is 13.6.